The van der Waals surface area contributed by atoms with Crippen LogP contribution in [0, 0.1) is 13.8 Å². The van der Waals surface area contributed by atoms with Crippen molar-refractivity contribution >= 4 is 6.21 Å². The smallest absolute Gasteiger partial charge is 0.125 e. The van der Waals surface area contributed by atoms with E-state index in [9.17, 15) is 0 Å². The molecule has 0 fully saturated rings. The van der Waals surface area contributed by atoms with Crippen molar-refractivity contribution in [2.24, 2.45) is 5.16 Å². The minimum Gasteiger partial charge on any atom is -0.490 e. The topological polar surface area (TPSA) is 49.3 Å². The zero-order valence-corrected chi connectivity index (χ0v) is 17.1. The lowest BCUT2D eigenvalue weighted by atomic mass is 10.1. The average molecular weight is 383 g/mol. The molecule has 0 N–H and O–H groups in total. The molecule has 2 aromatic carbocycles. The molecule has 0 aromatic heterocycles. The molecule has 0 spiro atoms. The summed E-state index contributed by atoms with van der Waals surface area (Å²) in [7, 11) is 1.51. The Hall–Kier alpha value is -2.79. The van der Waals surface area contributed by atoms with Crippen LogP contribution in [0.3, 0.4) is 0 Å². The first-order valence-electron chi connectivity index (χ1n) is 9.32. The van der Waals surface area contributed by atoms with Crippen LogP contribution in [0.1, 0.15) is 29.2 Å². The molecule has 0 amide bonds. The maximum atomic E-state index is 6.07. The van der Waals surface area contributed by atoms with Crippen molar-refractivity contribution in [1.29, 1.82) is 0 Å². The molecule has 5 nitrogen and oxygen atoms in total. The summed E-state index contributed by atoms with van der Waals surface area (Å²) in [5.74, 6) is 1.77. The Kier molecular flexibility index (Phi) is 9.08. The Bertz CT molecular complexity index is 759. The van der Waals surface area contributed by atoms with Crippen molar-refractivity contribution in [3.63, 3.8) is 0 Å². The molecule has 0 radical (unpaired) electrons. The van der Waals surface area contributed by atoms with Crippen LogP contribution < -0.4 is 9.47 Å². The van der Waals surface area contributed by atoms with E-state index in [2.05, 4.69) is 22.1 Å². The molecule has 0 saturated carbocycles. The van der Waals surface area contributed by atoms with Crippen molar-refractivity contribution in [2.75, 3.05) is 20.3 Å². The highest BCUT2D eigenvalue weighted by Gasteiger charge is 2.08. The number of ether oxygens (including phenoxy) is 3. The molecule has 0 aliphatic heterocycles. The predicted octanol–water partition coefficient (Wildman–Crippen LogP) is 4.99. The summed E-state index contributed by atoms with van der Waals surface area (Å²) in [5, 5.41) is 3.63. The SMILES string of the molecule is C/C=C/COc1cc(C)c(OCc2ccc(COCC=NOC)cc2)c(C)c1. The van der Waals surface area contributed by atoms with Crippen molar-refractivity contribution in [3.05, 3.63) is 70.8 Å². The third-order valence-electron chi connectivity index (χ3n) is 4.06. The van der Waals surface area contributed by atoms with Gasteiger partial charge in [0.15, 0.2) is 0 Å². The number of oxime groups is 1. The average Bonchev–Trinajstić information content (AvgIpc) is 2.68. The first-order valence-corrected chi connectivity index (χ1v) is 9.32. The maximum absolute atomic E-state index is 6.07. The summed E-state index contributed by atoms with van der Waals surface area (Å²) in [6, 6.07) is 12.2. The molecule has 2 rings (SSSR count). The molecule has 0 heterocycles. The zero-order valence-electron chi connectivity index (χ0n) is 17.1. The van der Waals surface area contributed by atoms with Crippen molar-refractivity contribution in [1.82, 2.24) is 0 Å². The predicted molar refractivity (Wildman–Crippen MR) is 112 cm³/mol. The van der Waals surface area contributed by atoms with E-state index in [4.69, 9.17) is 14.2 Å². The minimum atomic E-state index is 0.422. The Labute approximate surface area is 167 Å². The normalized spacial score (nSPS) is 11.3. The van der Waals surface area contributed by atoms with Gasteiger partial charge in [-0.05, 0) is 55.2 Å². The molecule has 0 aliphatic rings. The second-order valence-electron chi connectivity index (χ2n) is 6.36. The van der Waals surface area contributed by atoms with Crippen LogP contribution >= 0.6 is 0 Å². The molecule has 0 saturated heterocycles. The summed E-state index contributed by atoms with van der Waals surface area (Å²) in [5.41, 5.74) is 4.35. The summed E-state index contributed by atoms with van der Waals surface area (Å²) in [4.78, 5) is 4.58. The van der Waals surface area contributed by atoms with Crippen molar-refractivity contribution in [2.45, 2.75) is 34.0 Å². The number of allylic oxidation sites excluding steroid dienone is 1. The minimum absolute atomic E-state index is 0.422. The lowest BCUT2D eigenvalue weighted by Gasteiger charge is -2.14. The Morgan fingerprint density at radius 3 is 2.14 bits per heavy atom. The molecule has 5 heteroatoms. The molecule has 0 aliphatic carbocycles. The van der Waals surface area contributed by atoms with Gasteiger partial charge < -0.3 is 19.0 Å². The van der Waals surface area contributed by atoms with Crippen LogP contribution in [-0.4, -0.2) is 26.5 Å². The fourth-order valence-corrected chi connectivity index (χ4v) is 2.68. The maximum Gasteiger partial charge on any atom is 0.125 e. The van der Waals surface area contributed by atoms with E-state index in [1.807, 2.05) is 57.2 Å². The van der Waals surface area contributed by atoms with E-state index in [0.717, 1.165) is 33.8 Å². The zero-order chi connectivity index (χ0) is 20.2. The largest absolute Gasteiger partial charge is 0.490 e. The molecular weight excluding hydrogens is 354 g/mol. The lowest BCUT2D eigenvalue weighted by molar-refractivity contribution is 0.154. The van der Waals surface area contributed by atoms with Gasteiger partial charge in [0.25, 0.3) is 0 Å². The molecule has 0 unspecified atom stereocenters. The molecular formula is C23H29NO4. The number of rotatable bonds is 11. The number of nitrogens with zero attached hydrogens (tertiary/aromatic N) is 1. The number of aryl methyl sites for hydroxylation is 2. The lowest BCUT2D eigenvalue weighted by Crippen LogP contribution is -2.01. The van der Waals surface area contributed by atoms with E-state index < -0.39 is 0 Å². The fourth-order valence-electron chi connectivity index (χ4n) is 2.68. The third-order valence-corrected chi connectivity index (χ3v) is 4.06. The monoisotopic (exact) mass is 383 g/mol. The standard InChI is InChI=1S/C23H29NO4/c1-5-6-12-27-22-14-18(2)23(19(3)15-22)28-17-21-9-7-20(8-10-21)16-26-13-11-24-25-4/h5-11,14-15H,12-13,16-17H2,1-4H3/b6-5+,24-11?. The van der Waals surface area contributed by atoms with E-state index in [1.54, 1.807) is 6.21 Å². The van der Waals surface area contributed by atoms with Crippen LogP contribution in [0.2, 0.25) is 0 Å². The van der Waals surface area contributed by atoms with Gasteiger partial charge in [-0.3, -0.25) is 0 Å². The number of hydrogen-bond acceptors (Lipinski definition) is 5. The first kappa shape index (κ1) is 21.5. The van der Waals surface area contributed by atoms with Gasteiger partial charge in [0.05, 0.1) is 19.4 Å². The van der Waals surface area contributed by atoms with Gasteiger partial charge in [-0.1, -0.05) is 41.6 Å². The van der Waals surface area contributed by atoms with Crippen molar-refractivity contribution < 1.29 is 19.0 Å². The molecule has 0 bridgehead atoms. The van der Waals surface area contributed by atoms with Gasteiger partial charge >= 0.3 is 0 Å². The van der Waals surface area contributed by atoms with Gasteiger partial charge in [0, 0.05) is 0 Å². The van der Waals surface area contributed by atoms with Gasteiger partial charge in [0.1, 0.15) is 31.8 Å². The van der Waals surface area contributed by atoms with E-state index >= 15 is 0 Å². The van der Waals surface area contributed by atoms with E-state index in [-0.39, 0.29) is 0 Å². The first-order chi connectivity index (χ1) is 13.6. The highest BCUT2D eigenvalue weighted by atomic mass is 16.6. The van der Waals surface area contributed by atoms with Gasteiger partial charge in [-0.15, -0.1) is 0 Å². The third kappa shape index (κ3) is 7.08. The Morgan fingerprint density at radius 2 is 1.54 bits per heavy atom. The number of hydrogen-bond donors (Lipinski definition) is 0. The van der Waals surface area contributed by atoms with Crippen LogP contribution in [0.5, 0.6) is 11.5 Å². The molecule has 2 aromatic rings. The quantitative estimate of drug-likeness (QED) is 0.237. The Morgan fingerprint density at radius 1 is 0.893 bits per heavy atom. The second kappa shape index (κ2) is 11.8. The summed E-state index contributed by atoms with van der Waals surface area (Å²) >= 11 is 0. The number of benzene rings is 2. The van der Waals surface area contributed by atoms with Gasteiger partial charge in [-0.25, -0.2) is 0 Å². The molecule has 0 atom stereocenters. The van der Waals surface area contributed by atoms with E-state index in [1.165, 1.54) is 7.11 Å². The highest BCUT2D eigenvalue weighted by Crippen LogP contribution is 2.29. The van der Waals surface area contributed by atoms with Crippen molar-refractivity contribution in [3.8, 4) is 11.5 Å². The van der Waals surface area contributed by atoms with Crippen LogP contribution in [0.15, 0.2) is 53.7 Å². The van der Waals surface area contributed by atoms with Crippen LogP contribution in [-0.2, 0) is 22.8 Å². The van der Waals surface area contributed by atoms with Crippen LogP contribution in [0.4, 0.5) is 0 Å². The Balaban J connectivity index is 1.88. The highest BCUT2D eigenvalue weighted by molar-refractivity contribution is 5.57. The fraction of sp³-hybridized carbons (Fsp3) is 0.348. The summed E-state index contributed by atoms with van der Waals surface area (Å²) in [6.07, 6.45) is 5.55. The van der Waals surface area contributed by atoms with Gasteiger partial charge in [-0.2, -0.15) is 0 Å². The molecule has 28 heavy (non-hydrogen) atoms. The summed E-state index contributed by atoms with van der Waals surface area (Å²) < 4.78 is 17.3. The molecule has 150 valence electrons. The van der Waals surface area contributed by atoms with Gasteiger partial charge in [0.2, 0.25) is 0 Å². The van der Waals surface area contributed by atoms with E-state index in [0.29, 0.717) is 26.4 Å². The van der Waals surface area contributed by atoms with Crippen LogP contribution in [0.25, 0.3) is 0 Å². The second-order valence-corrected chi connectivity index (χ2v) is 6.36. The summed E-state index contributed by atoms with van der Waals surface area (Å²) in [6.45, 7) is 8.10.